The third kappa shape index (κ3) is 1.67. The Balaban J connectivity index is 2.46. The summed E-state index contributed by atoms with van der Waals surface area (Å²) in [7, 11) is 0. The number of rotatable bonds is 1. The fraction of sp³-hybridized carbons (Fsp3) is 0.214. The van der Waals surface area contributed by atoms with Crippen LogP contribution in [0.4, 0.5) is 0 Å². The van der Waals surface area contributed by atoms with Gasteiger partial charge in [0.05, 0.1) is 0 Å². The molecule has 1 aromatic carbocycles. The van der Waals surface area contributed by atoms with E-state index in [1.807, 2.05) is 30.4 Å². The quantitative estimate of drug-likeness (QED) is 0.563. The molecule has 16 heavy (non-hydrogen) atoms. The van der Waals surface area contributed by atoms with Crippen molar-refractivity contribution in [2.75, 3.05) is 0 Å². The first-order valence-corrected chi connectivity index (χ1v) is 5.32. The van der Waals surface area contributed by atoms with E-state index in [9.17, 15) is 0 Å². The van der Waals surface area contributed by atoms with Gasteiger partial charge in [0.1, 0.15) is 5.71 Å². The summed E-state index contributed by atoms with van der Waals surface area (Å²) in [5.74, 6) is 0. The van der Waals surface area contributed by atoms with Crippen molar-refractivity contribution in [1.82, 2.24) is 0 Å². The van der Waals surface area contributed by atoms with Crippen molar-refractivity contribution in [2.24, 2.45) is 5.16 Å². The number of oxime groups is 1. The third-order valence-corrected chi connectivity index (χ3v) is 3.26. The van der Waals surface area contributed by atoms with Crippen molar-refractivity contribution in [1.29, 1.82) is 0 Å². The van der Waals surface area contributed by atoms with Gasteiger partial charge in [0.25, 0.3) is 0 Å². The van der Waals surface area contributed by atoms with Crippen molar-refractivity contribution in [3.63, 3.8) is 0 Å². The standard InChI is InChI=1S/C14H15NO/c1-11-10-13(15-16)8-9-14(11,2)12-6-4-3-5-7-12/h3-10,16H,1-2H3. The van der Waals surface area contributed by atoms with E-state index in [2.05, 4.69) is 37.2 Å². The van der Waals surface area contributed by atoms with Gasteiger partial charge in [-0.1, -0.05) is 47.1 Å². The Morgan fingerprint density at radius 2 is 1.88 bits per heavy atom. The average molecular weight is 213 g/mol. The van der Waals surface area contributed by atoms with Crippen LogP contribution in [0.15, 0.2) is 59.3 Å². The zero-order chi connectivity index (χ0) is 11.6. The summed E-state index contributed by atoms with van der Waals surface area (Å²) in [5.41, 5.74) is 2.92. The molecular formula is C14H15NO. The first-order chi connectivity index (χ1) is 7.66. The van der Waals surface area contributed by atoms with E-state index in [0.29, 0.717) is 5.71 Å². The Morgan fingerprint density at radius 3 is 2.44 bits per heavy atom. The second kappa shape index (κ2) is 3.97. The maximum absolute atomic E-state index is 8.74. The zero-order valence-corrected chi connectivity index (χ0v) is 9.51. The molecule has 0 heterocycles. The predicted molar refractivity (Wildman–Crippen MR) is 65.9 cm³/mol. The SMILES string of the molecule is CC1=CC(=NO)C=CC1(C)c1ccccc1. The molecule has 2 rings (SSSR count). The minimum Gasteiger partial charge on any atom is -0.410 e. The lowest BCUT2D eigenvalue weighted by molar-refractivity contribution is 0.320. The minimum absolute atomic E-state index is 0.102. The number of hydrogen-bond acceptors (Lipinski definition) is 2. The molecule has 0 saturated heterocycles. The summed E-state index contributed by atoms with van der Waals surface area (Å²) in [6.07, 6.45) is 5.83. The van der Waals surface area contributed by atoms with E-state index in [0.717, 1.165) is 0 Å². The van der Waals surface area contributed by atoms with Gasteiger partial charge >= 0.3 is 0 Å². The lowest BCUT2D eigenvalue weighted by Crippen LogP contribution is -2.24. The fourth-order valence-corrected chi connectivity index (χ4v) is 1.97. The Morgan fingerprint density at radius 1 is 1.19 bits per heavy atom. The molecule has 0 saturated carbocycles. The number of benzene rings is 1. The van der Waals surface area contributed by atoms with E-state index in [-0.39, 0.29) is 5.41 Å². The second-order valence-corrected chi connectivity index (χ2v) is 4.25. The highest BCUT2D eigenvalue weighted by Crippen LogP contribution is 2.35. The van der Waals surface area contributed by atoms with Gasteiger partial charge < -0.3 is 5.21 Å². The summed E-state index contributed by atoms with van der Waals surface area (Å²) in [6, 6.07) is 10.3. The van der Waals surface area contributed by atoms with Crippen LogP contribution in [0, 0.1) is 0 Å². The predicted octanol–water partition coefficient (Wildman–Crippen LogP) is 3.29. The molecule has 1 aliphatic rings. The van der Waals surface area contributed by atoms with E-state index >= 15 is 0 Å². The van der Waals surface area contributed by atoms with Crippen LogP contribution in [0.2, 0.25) is 0 Å². The zero-order valence-electron chi connectivity index (χ0n) is 9.51. The number of hydrogen-bond donors (Lipinski definition) is 1. The Hall–Kier alpha value is -1.83. The molecule has 1 aromatic rings. The van der Waals surface area contributed by atoms with Crippen LogP contribution in [0.25, 0.3) is 0 Å². The van der Waals surface area contributed by atoms with Gasteiger partial charge in [-0.3, -0.25) is 0 Å². The largest absolute Gasteiger partial charge is 0.410 e. The highest BCUT2D eigenvalue weighted by molar-refractivity contribution is 6.05. The van der Waals surface area contributed by atoms with Gasteiger partial charge in [-0.15, -0.1) is 0 Å². The summed E-state index contributed by atoms with van der Waals surface area (Å²) in [6.45, 7) is 4.22. The van der Waals surface area contributed by atoms with Gasteiger partial charge in [0.15, 0.2) is 0 Å². The second-order valence-electron chi connectivity index (χ2n) is 4.25. The topological polar surface area (TPSA) is 32.6 Å². The molecule has 82 valence electrons. The molecule has 0 aromatic heterocycles. The molecule has 1 atom stereocenters. The molecule has 1 unspecified atom stereocenters. The maximum Gasteiger partial charge on any atom is 0.102 e. The third-order valence-electron chi connectivity index (χ3n) is 3.26. The molecule has 2 heteroatoms. The first kappa shape index (κ1) is 10.7. The van der Waals surface area contributed by atoms with Crippen LogP contribution in [0.3, 0.4) is 0 Å². The molecule has 1 aliphatic carbocycles. The van der Waals surface area contributed by atoms with Gasteiger partial charge in [-0.2, -0.15) is 0 Å². The maximum atomic E-state index is 8.74. The van der Waals surface area contributed by atoms with Crippen molar-refractivity contribution in [2.45, 2.75) is 19.3 Å². The van der Waals surface area contributed by atoms with Crippen LogP contribution in [-0.4, -0.2) is 10.9 Å². The van der Waals surface area contributed by atoms with Gasteiger partial charge in [-0.25, -0.2) is 0 Å². The van der Waals surface area contributed by atoms with Crippen molar-refractivity contribution in [3.8, 4) is 0 Å². The molecule has 2 nitrogen and oxygen atoms in total. The fourth-order valence-electron chi connectivity index (χ4n) is 1.97. The van der Waals surface area contributed by atoms with Crippen LogP contribution < -0.4 is 0 Å². The first-order valence-electron chi connectivity index (χ1n) is 5.32. The van der Waals surface area contributed by atoms with Crippen LogP contribution in [-0.2, 0) is 5.41 Å². The van der Waals surface area contributed by atoms with Crippen LogP contribution in [0.5, 0.6) is 0 Å². The molecular weight excluding hydrogens is 198 g/mol. The van der Waals surface area contributed by atoms with E-state index in [1.165, 1.54) is 11.1 Å². The molecule has 1 N–H and O–H groups in total. The van der Waals surface area contributed by atoms with E-state index < -0.39 is 0 Å². The Bertz CT molecular complexity index is 471. The smallest absolute Gasteiger partial charge is 0.102 e. The molecule has 0 aliphatic heterocycles. The Labute approximate surface area is 95.6 Å². The van der Waals surface area contributed by atoms with E-state index in [4.69, 9.17) is 5.21 Å². The lowest BCUT2D eigenvalue weighted by Gasteiger charge is -2.30. The van der Waals surface area contributed by atoms with Crippen LogP contribution in [0.1, 0.15) is 19.4 Å². The highest BCUT2D eigenvalue weighted by atomic mass is 16.4. The van der Waals surface area contributed by atoms with Gasteiger partial charge in [0, 0.05) is 5.41 Å². The van der Waals surface area contributed by atoms with E-state index in [1.54, 1.807) is 0 Å². The van der Waals surface area contributed by atoms with Gasteiger partial charge in [0.2, 0.25) is 0 Å². The summed E-state index contributed by atoms with van der Waals surface area (Å²) in [5, 5.41) is 12.0. The summed E-state index contributed by atoms with van der Waals surface area (Å²) >= 11 is 0. The van der Waals surface area contributed by atoms with Crippen molar-refractivity contribution in [3.05, 3.63) is 59.7 Å². The molecule has 0 amide bonds. The van der Waals surface area contributed by atoms with Gasteiger partial charge in [-0.05, 0) is 31.6 Å². The highest BCUT2D eigenvalue weighted by Gasteiger charge is 2.27. The molecule has 0 bridgehead atoms. The number of allylic oxidation sites excluding steroid dienone is 4. The average Bonchev–Trinajstić information content (AvgIpc) is 2.34. The normalized spacial score (nSPS) is 26.9. The lowest BCUT2D eigenvalue weighted by atomic mass is 9.73. The van der Waals surface area contributed by atoms with Crippen LogP contribution >= 0.6 is 0 Å². The molecule has 0 radical (unpaired) electrons. The van der Waals surface area contributed by atoms with Crippen molar-refractivity contribution < 1.29 is 5.21 Å². The monoisotopic (exact) mass is 213 g/mol. The molecule has 0 spiro atoms. The Kier molecular flexibility index (Phi) is 2.65. The summed E-state index contributed by atoms with van der Waals surface area (Å²) < 4.78 is 0. The minimum atomic E-state index is -0.102. The van der Waals surface area contributed by atoms with Crippen molar-refractivity contribution >= 4 is 5.71 Å². The number of nitrogens with zero attached hydrogens (tertiary/aromatic N) is 1. The summed E-state index contributed by atoms with van der Waals surface area (Å²) in [4.78, 5) is 0. The molecule has 0 fully saturated rings.